The number of aliphatic hydroxyl groups is 1. The number of hydrogen-bond donors (Lipinski definition) is 1. The van der Waals surface area contributed by atoms with Crippen LogP contribution in [0.15, 0.2) is 12.1 Å². The highest BCUT2D eigenvalue weighted by Gasteiger charge is 2.18. The van der Waals surface area contributed by atoms with Gasteiger partial charge in [0.1, 0.15) is 5.82 Å². The van der Waals surface area contributed by atoms with Crippen molar-refractivity contribution >= 4 is 5.69 Å². The van der Waals surface area contributed by atoms with Crippen molar-refractivity contribution in [2.24, 2.45) is 0 Å². The second kappa shape index (κ2) is 4.01. The van der Waals surface area contributed by atoms with Crippen LogP contribution in [-0.4, -0.2) is 17.1 Å². The molecule has 0 aliphatic carbocycles. The summed E-state index contributed by atoms with van der Waals surface area (Å²) in [6, 6.07) is 1.83. The highest BCUT2D eigenvalue weighted by atomic mass is 19.1. The molecule has 0 radical (unpaired) electrons. The first-order valence-electron chi connectivity index (χ1n) is 3.71. The second-order valence-corrected chi connectivity index (χ2v) is 2.53. The highest BCUT2D eigenvalue weighted by molar-refractivity contribution is 5.49. The standard InChI is InChI=1S/C8H8FNO4/c1-14-8-2-5(4-11)6(9)3-7(8)10(12)13/h2-3,11H,4H2,1H3. The van der Waals surface area contributed by atoms with Gasteiger partial charge >= 0.3 is 5.69 Å². The quantitative estimate of drug-likeness (QED) is 0.589. The normalized spacial score (nSPS) is 9.93. The van der Waals surface area contributed by atoms with E-state index in [-0.39, 0.29) is 11.3 Å². The minimum Gasteiger partial charge on any atom is -0.490 e. The zero-order valence-corrected chi connectivity index (χ0v) is 7.36. The third-order valence-electron chi connectivity index (χ3n) is 1.71. The SMILES string of the molecule is COc1cc(CO)c(F)cc1[N+](=O)[O-]. The van der Waals surface area contributed by atoms with Crippen molar-refractivity contribution in [2.45, 2.75) is 6.61 Å². The lowest BCUT2D eigenvalue weighted by Gasteiger charge is -2.04. The molecule has 76 valence electrons. The molecule has 0 aliphatic rings. The molecular formula is C8H8FNO4. The predicted octanol–water partition coefficient (Wildman–Crippen LogP) is 1.23. The van der Waals surface area contributed by atoms with Crippen LogP contribution in [0.4, 0.5) is 10.1 Å². The second-order valence-electron chi connectivity index (χ2n) is 2.53. The van der Waals surface area contributed by atoms with E-state index in [1.165, 1.54) is 7.11 Å². The number of nitrogens with zero attached hydrogens (tertiary/aromatic N) is 1. The summed E-state index contributed by atoms with van der Waals surface area (Å²) in [6.07, 6.45) is 0. The smallest absolute Gasteiger partial charge is 0.313 e. The lowest BCUT2D eigenvalue weighted by Crippen LogP contribution is -1.98. The van der Waals surface area contributed by atoms with Crippen LogP contribution in [0, 0.1) is 15.9 Å². The summed E-state index contributed by atoms with van der Waals surface area (Å²) in [5, 5.41) is 19.1. The number of ether oxygens (including phenoxy) is 1. The Hall–Kier alpha value is -1.69. The summed E-state index contributed by atoms with van der Waals surface area (Å²) in [5.74, 6) is -0.888. The first-order valence-corrected chi connectivity index (χ1v) is 3.71. The van der Waals surface area contributed by atoms with Crippen LogP contribution < -0.4 is 4.74 Å². The van der Waals surface area contributed by atoms with E-state index in [9.17, 15) is 14.5 Å². The van der Waals surface area contributed by atoms with Gasteiger partial charge in [-0.1, -0.05) is 0 Å². The maximum absolute atomic E-state index is 13.0. The maximum atomic E-state index is 13.0. The summed E-state index contributed by atoms with van der Waals surface area (Å²) in [4.78, 5) is 9.68. The molecule has 1 rings (SSSR count). The lowest BCUT2D eigenvalue weighted by molar-refractivity contribution is -0.386. The van der Waals surface area contributed by atoms with Crippen molar-refractivity contribution in [3.8, 4) is 5.75 Å². The average molecular weight is 201 g/mol. The van der Waals surface area contributed by atoms with E-state index in [1.54, 1.807) is 0 Å². The van der Waals surface area contributed by atoms with Crippen LogP contribution in [0.2, 0.25) is 0 Å². The summed E-state index contributed by atoms with van der Waals surface area (Å²) in [5.41, 5.74) is -0.491. The molecule has 0 atom stereocenters. The van der Waals surface area contributed by atoms with Gasteiger partial charge in [0.05, 0.1) is 24.7 Å². The van der Waals surface area contributed by atoms with E-state index in [1.807, 2.05) is 0 Å². The molecule has 1 N–H and O–H groups in total. The van der Waals surface area contributed by atoms with Gasteiger partial charge in [-0.05, 0) is 6.07 Å². The van der Waals surface area contributed by atoms with Crippen LogP contribution >= 0.6 is 0 Å². The number of rotatable bonds is 3. The molecule has 0 bridgehead atoms. The number of nitro benzene ring substituents is 1. The van der Waals surface area contributed by atoms with Crippen molar-refractivity contribution in [2.75, 3.05) is 7.11 Å². The van der Waals surface area contributed by atoms with Crippen LogP contribution in [-0.2, 0) is 6.61 Å². The molecule has 5 nitrogen and oxygen atoms in total. The third kappa shape index (κ3) is 1.80. The average Bonchev–Trinajstić information content (AvgIpc) is 2.17. The molecule has 0 fully saturated rings. The van der Waals surface area contributed by atoms with Crippen LogP contribution in [0.25, 0.3) is 0 Å². The van der Waals surface area contributed by atoms with E-state index in [0.29, 0.717) is 0 Å². The number of aliphatic hydroxyl groups excluding tert-OH is 1. The lowest BCUT2D eigenvalue weighted by atomic mass is 10.2. The van der Waals surface area contributed by atoms with Crippen LogP contribution in [0.1, 0.15) is 5.56 Å². The van der Waals surface area contributed by atoms with Gasteiger partial charge in [-0.3, -0.25) is 10.1 Å². The van der Waals surface area contributed by atoms with E-state index < -0.39 is 23.0 Å². The van der Waals surface area contributed by atoms with Gasteiger partial charge in [-0.2, -0.15) is 0 Å². The van der Waals surface area contributed by atoms with Gasteiger partial charge in [0.25, 0.3) is 0 Å². The van der Waals surface area contributed by atoms with Crippen molar-refractivity contribution in [1.82, 2.24) is 0 Å². The summed E-state index contributed by atoms with van der Waals surface area (Å²) in [6.45, 7) is -0.528. The summed E-state index contributed by atoms with van der Waals surface area (Å²) < 4.78 is 17.7. The van der Waals surface area contributed by atoms with Gasteiger partial charge in [-0.25, -0.2) is 4.39 Å². The highest BCUT2D eigenvalue weighted by Crippen LogP contribution is 2.29. The molecule has 0 saturated carbocycles. The van der Waals surface area contributed by atoms with Crippen molar-refractivity contribution in [1.29, 1.82) is 0 Å². The fraction of sp³-hybridized carbons (Fsp3) is 0.250. The molecule has 0 heterocycles. The van der Waals surface area contributed by atoms with Crippen LogP contribution in [0.3, 0.4) is 0 Å². The monoisotopic (exact) mass is 201 g/mol. The first kappa shape index (κ1) is 10.4. The van der Waals surface area contributed by atoms with E-state index in [2.05, 4.69) is 4.74 Å². The van der Waals surface area contributed by atoms with Crippen molar-refractivity contribution in [3.05, 3.63) is 33.6 Å². The zero-order valence-electron chi connectivity index (χ0n) is 7.36. The zero-order chi connectivity index (χ0) is 10.7. The molecule has 0 aliphatic heterocycles. The molecule has 0 spiro atoms. The molecule has 0 amide bonds. The first-order chi connectivity index (χ1) is 6.60. The Morgan fingerprint density at radius 3 is 2.71 bits per heavy atom. The molecule has 14 heavy (non-hydrogen) atoms. The molecule has 0 unspecified atom stereocenters. The van der Waals surface area contributed by atoms with Gasteiger partial charge in [0.15, 0.2) is 5.75 Å². The Bertz CT molecular complexity index is 367. The van der Waals surface area contributed by atoms with E-state index in [0.717, 1.165) is 12.1 Å². The van der Waals surface area contributed by atoms with E-state index >= 15 is 0 Å². The van der Waals surface area contributed by atoms with Crippen LogP contribution in [0.5, 0.6) is 5.75 Å². The Labute approximate surface area is 78.9 Å². The molecule has 6 heteroatoms. The van der Waals surface area contributed by atoms with Gasteiger partial charge in [0, 0.05) is 5.56 Å². The van der Waals surface area contributed by atoms with Crippen molar-refractivity contribution < 1.29 is 19.2 Å². The largest absolute Gasteiger partial charge is 0.490 e. The number of nitro groups is 1. The fourth-order valence-corrected chi connectivity index (χ4v) is 1.01. The Balaban J connectivity index is 3.31. The number of benzene rings is 1. The Morgan fingerprint density at radius 1 is 1.64 bits per heavy atom. The molecule has 1 aromatic rings. The number of methoxy groups -OCH3 is 1. The minimum absolute atomic E-state index is 0.0348. The minimum atomic E-state index is -0.819. The van der Waals surface area contributed by atoms with Gasteiger partial charge < -0.3 is 9.84 Å². The summed E-state index contributed by atoms with van der Waals surface area (Å²) in [7, 11) is 1.24. The maximum Gasteiger partial charge on any atom is 0.313 e. The Kier molecular flexibility index (Phi) is 2.98. The van der Waals surface area contributed by atoms with Gasteiger partial charge in [0.2, 0.25) is 0 Å². The number of halogens is 1. The molecule has 0 aromatic heterocycles. The van der Waals surface area contributed by atoms with E-state index in [4.69, 9.17) is 5.11 Å². The predicted molar refractivity (Wildman–Crippen MR) is 45.5 cm³/mol. The molecular weight excluding hydrogens is 193 g/mol. The Morgan fingerprint density at radius 2 is 2.29 bits per heavy atom. The summed E-state index contributed by atoms with van der Waals surface area (Å²) >= 11 is 0. The van der Waals surface area contributed by atoms with Gasteiger partial charge in [-0.15, -0.1) is 0 Å². The van der Waals surface area contributed by atoms with Crippen molar-refractivity contribution in [3.63, 3.8) is 0 Å². The fourth-order valence-electron chi connectivity index (χ4n) is 1.01. The molecule has 0 saturated heterocycles. The molecule has 1 aromatic carbocycles. The topological polar surface area (TPSA) is 72.6 Å². The number of hydrogen-bond acceptors (Lipinski definition) is 4. The third-order valence-corrected chi connectivity index (χ3v) is 1.71.